The van der Waals surface area contributed by atoms with Crippen LogP contribution in [0.4, 0.5) is 0 Å². The van der Waals surface area contributed by atoms with Crippen LogP contribution in [0.15, 0.2) is 0 Å². The quantitative estimate of drug-likeness (QED) is 0.132. The Labute approximate surface area is 197 Å². The van der Waals surface area contributed by atoms with Crippen LogP contribution in [-0.2, 0) is 19.1 Å². The average molecular weight is 474 g/mol. The molecule has 0 aromatic rings. The maximum absolute atomic E-state index is 11.9. The van der Waals surface area contributed by atoms with Crippen LogP contribution < -0.4 is 24.8 Å². The van der Waals surface area contributed by atoms with Crippen LogP contribution in [-0.4, -0.2) is 86.5 Å². The summed E-state index contributed by atoms with van der Waals surface area (Å²) in [4.78, 5) is 23.7. The van der Waals surface area contributed by atoms with Gasteiger partial charge < -0.3 is 43.3 Å². The first-order valence-corrected chi connectivity index (χ1v) is 11.4. The molecular weight excluding hydrogens is 427 g/mol. The molecule has 0 amide bonds. The van der Waals surface area contributed by atoms with Crippen molar-refractivity contribution in [2.45, 2.75) is 67.2 Å². The number of likely N-dealkylation sites (N-methyl/N-ethyl adjacent to an activating group) is 2. The highest BCUT2D eigenvalue weighted by atomic mass is 35.5. The summed E-state index contributed by atoms with van der Waals surface area (Å²) in [6.07, 6.45) is 2.09. The number of nitrogens with zero attached hydrogens (tertiary/aromatic N) is 2. The molecule has 0 radical (unpaired) electrons. The Morgan fingerprint density at radius 3 is 1.07 bits per heavy atom. The minimum atomic E-state index is -0.161. The smallest absolute Gasteiger partial charge is 0.305 e. The highest BCUT2D eigenvalue weighted by Crippen LogP contribution is 2.08. The van der Waals surface area contributed by atoms with Gasteiger partial charge in [-0.05, 0) is 54.4 Å². The predicted molar refractivity (Wildman–Crippen MR) is 114 cm³/mol. The van der Waals surface area contributed by atoms with E-state index in [0.29, 0.717) is 38.9 Å². The van der Waals surface area contributed by atoms with Gasteiger partial charge in [0, 0.05) is 12.8 Å². The van der Waals surface area contributed by atoms with Crippen LogP contribution in [0.25, 0.3) is 0 Å². The minimum absolute atomic E-state index is 0. The number of carbonyl (C=O) groups is 2. The zero-order chi connectivity index (χ0) is 21.5. The number of esters is 2. The van der Waals surface area contributed by atoms with E-state index in [0.717, 1.165) is 61.3 Å². The van der Waals surface area contributed by atoms with Crippen LogP contribution in [0.2, 0.25) is 0 Å². The maximum Gasteiger partial charge on any atom is 0.305 e. The van der Waals surface area contributed by atoms with Gasteiger partial charge in [-0.1, -0.05) is 0 Å². The van der Waals surface area contributed by atoms with Crippen molar-refractivity contribution < 1.29 is 52.8 Å². The van der Waals surface area contributed by atoms with Crippen LogP contribution in [0.5, 0.6) is 0 Å². The first-order chi connectivity index (χ1) is 13.4. The Balaban J connectivity index is -0.00000364. The number of halogens is 2. The summed E-state index contributed by atoms with van der Waals surface area (Å²) in [6, 6.07) is 0. The van der Waals surface area contributed by atoms with E-state index in [1.807, 2.05) is 0 Å². The predicted octanol–water partition coefficient (Wildman–Crippen LogP) is -2.61. The largest absolute Gasteiger partial charge is 1.00 e. The lowest BCUT2D eigenvalue weighted by Crippen LogP contribution is -3.00. The zero-order valence-electron chi connectivity index (χ0n) is 20.2. The molecule has 0 spiro atoms. The van der Waals surface area contributed by atoms with Gasteiger partial charge in [-0.3, -0.25) is 9.59 Å². The molecule has 0 unspecified atom stereocenters. The molecule has 0 aromatic heterocycles. The molecule has 6 nitrogen and oxygen atoms in total. The maximum atomic E-state index is 11.9. The molecule has 182 valence electrons. The summed E-state index contributed by atoms with van der Waals surface area (Å²) in [5.41, 5.74) is 0. The zero-order valence-corrected chi connectivity index (χ0v) is 21.7. The average Bonchev–Trinajstić information content (AvgIpc) is 2.72. The summed E-state index contributed by atoms with van der Waals surface area (Å²) in [7, 11) is 0. The number of hydrogen-bond donors (Lipinski definition) is 0. The molecule has 0 aliphatic carbocycles. The molecular formula is C22H46Cl2N2O4. The van der Waals surface area contributed by atoms with Gasteiger partial charge in [-0.2, -0.15) is 0 Å². The normalized spacial score (nSPS) is 11.3. The third-order valence-electron chi connectivity index (χ3n) is 6.69. The monoisotopic (exact) mass is 472 g/mol. The van der Waals surface area contributed by atoms with Gasteiger partial charge in [-0.25, -0.2) is 0 Å². The Hall–Kier alpha value is -0.560. The molecule has 30 heavy (non-hydrogen) atoms. The van der Waals surface area contributed by atoms with Crippen molar-refractivity contribution in [1.82, 2.24) is 0 Å². The molecule has 0 aromatic carbocycles. The van der Waals surface area contributed by atoms with E-state index in [1.165, 1.54) is 0 Å². The van der Waals surface area contributed by atoms with E-state index in [4.69, 9.17) is 9.47 Å². The van der Waals surface area contributed by atoms with E-state index >= 15 is 0 Å². The molecule has 8 heteroatoms. The van der Waals surface area contributed by atoms with E-state index < -0.39 is 0 Å². The van der Waals surface area contributed by atoms with Crippen LogP contribution >= 0.6 is 0 Å². The second-order valence-electron chi connectivity index (χ2n) is 7.68. The molecule has 0 N–H and O–H groups in total. The lowest BCUT2D eigenvalue weighted by Gasteiger charge is -2.35. The molecule has 0 saturated heterocycles. The van der Waals surface area contributed by atoms with Crippen LogP contribution in [0.1, 0.15) is 67.2 Å². The van der Waals surface area contributed by atoms with E-state index in [-0.39, 0.29) is 36.8 Å². The fourth-order valence-corrected chi connectivity index (χ4v) is 3.68. The summed E-state index contributed by atoms with van der Waals surface area (Å²) in [5, 5.41) is 0. The first-order valence-electron chi connectivity index (χ1n) is 11.4. The Morgan fingerprint density at radius 2 is 0.833 bits per heavy atom. The molecule has 0 aliphatic heterocycles. The second kappa shape index (κ2) is 19.1. The van der Waals surface area contributed by atoms with E-state index in [9.17, 15) is 9.59 Å². The lowest BCUT2D eigenvalue weighted by molar-refractivity contribution is -0.923. The fraction of sp³-hybridized carbons (Fsp3) is 0.909. The van der Waals surface area contributed by atoms with Crippen molar-refractivity contribution in [2.75, 3.05) is 65.6 Å². The molecule has 0 saturated carbocycles. The van der Waals surface area contributed by atoms with Crippen molar-refractivity contribution in [2.24, 2.45) is 0 Å². The van der Waals surface area contributed by atoms with Gasteiger partial charge >= 0.3 is 11.9 Å². The van der Waals surface area contributed by atoms with Gasteiger partial charge in [0.1, 0.15) is 26.3 Å². The lowest BCUT2D eigenvalue weighted by atomic mass is 10.2. The summed E-state index contributed by atoms with van der Waals surface area (Å²) in [5.74, 6) is -0.323. The van der Waals surface area contributed by atoms with Gasteiger partial charge in [-0.15, -0.1) is 0 Å². The van der Waals surface area contributed by atoms with Gasteiger partial charge in [0.25, 0.3) is 0 Å². The van der Waals surface area contributed by atoms with Crippen molar-refractivity contribution in [3.8, 4) is 0 Å². The molecule has 0 fully saturated rings. The van der Waals surface area contributed by atoms with Gasteiger partial charge in [0.05, 0.1) is 39.3 Å². The van der Waals surface area contributed by atoms with E-state index in [1.54, 1.807) is 0 Å². The van der Waals surface area contributed by atoms with Crippen LogP contribution in [0.3, 0.4) is 0 Å². The van der Waals surface area contributed by atoms with Crippen LogP contribution in [0, 0.1) is 0 Å². The number of carbonyl (C=O) groups excluding carboxylic acids is 2. The molecule has 0 aliphatic rings. The molecule has 0 heterocycles. The first kappa shape index (κ1) is 34.1. The fourth-order valence-electron chi connectivity index (χ4n) is 3.68. The highest BCUT2D eigenvalue weighted by molar-refractivity contribution is 5.70. The molecule has 0 bridgehead atoms. The number of quaternary nitrogens is 2. The van der Waals surface area contributed by atoms with Gasteiger partial charge in [0.15, 0.2) is 0 Å². The third-order valence-corrected chi connectivity index (χ3v) is 6.69. The number of hydrogen-bond acceptors (Lipinski definition) is 4. The Bertz CT molecular complexity index is 386. The third kappa shape index (κ3) is 13.0. The molecule has 0 atom stereocenters. The summed E-state index contributed by atoms with van der Waals surface area (Å²) in [6.45, 7) is 22.1. The number of rotatable bonds is 17. The van der Waals surface area contributed by atoms with Crippen molar-refractivity contribution in [1.29, 1.82) is 0 Å². The van der Waals surface area contributed by atoms with Gasteiger partial charge in [0.2, 0.25) is 0 Å². The second-order valence-corrected chi connectivity index (χ2v) is 7.68. The standard InChI is InChI=1S/C22H46N2O4.2ClH/c1-7-23(8-2,9-3)17-19-27-21(25)15-13-14-16-22(26)28-20-18-24(10-4,11-5)12-6;;/h7-20H2,1-6H3;2*1H/q+2;;/p-2. The van der Waals surface area contributed by atoms with Crippen molar-refractivity contribution in [3.63, 3.8) is 0 Å². The Kier molecular flexibility index (Phi) is 21.7. The van der Waals surface area contributed by atoms with Crippen molar-refractivity contribution in [3.05, 3.63) is 0 Å². The minimum Gasteiger partial charge on any atom is -1.00 e. The summed E-state index contributed by atoms with van der Waals surface area (Å²) >= 11 is 0. The number of ether oxygens (including phenoxy) is 2. The molecule has 0 rings (SSSR count). The highest BCUT2D eigenvalue weighted by Gasteiger charge is 2.22. The Morgan fingerprint density at radius 1 is 0.567 bits per heavy atom. The van der Waals surface area contributed by atoms with Crippen molar-refractivity contribution >= 4 is 11.9 Å². The van der Waals surface area contributed by atoms with E-state index in [2.05, 4.69) is 41.5 Å². The number of unbranched alkanes of at least 4 members (excludes halogenated alkanes) is 1. The SMILES string of the molecule is CC[N+](CC)(CC)CCOC(=O)CCCCC(=O)OCC[N+](CC)(CC)CC.[Cl-].[Cl-]. The summed E-state index contributed by atoms with van der Waals surface area (Å²) < 4.78 is 12.7. The topological polar surface area (TPSA) is 52.6 Å².